The van der Waals surface area contributed by atoms with Crippen LogP contribution in [0.25, 0.3) is 0 Å². The van der Waals surface area contributed by atoms with Gasteiger partial charge in [-0.2, -0.15) is 0 Å². The van der Waals surface area contributed by atoms with Gasteiger partial charge in [0.1, 0.15) is 0 Å². The lowest BCUT2D eigenvalue weighted by Gasteiger charge is -2.33. The molecule has 1 saturated heterocycles. The largest absolute Gasteiger partial charge is 0.371 e. The second-order valence-electron chi connectivity index (χ2n) is 6.84. The van der Waals surface area contributed by atoms with Gasteiger partial charge in [-0.3, -0.25) is 4.98 Å². The van der Waals surface area contributed by atoms with Gasteiger partial charge in [0.15, 0.2) is 5.11 Å². The Kier molecular flexibility index (Phi) is 5.87. The summed E-state index contributed by atoms with van der Waals surface area (Å²) in [6.45, 7) is 6.78. The lowest BCUT2D eigenvalue weighted by molar-refractivity contribution is 0.447. The highest BCUT2D eigenvalue weighted by Gasteiger charge is 2.16. The summed E-state index contributed by atoms with van der Waals surface area (Å²) in [4.78, 5) is 6.50. The molecule has 3 rings (SSSR count). The Hall–Kier alpha value is -2.14. The molecule has 1 aliphatic rings. The Balaban J connectivity index is 1.57. The van der Waals surface area contributed by atoms with Crippen LogP contribution in [0.5, 0.6) is 0 Å². The third-order valence-electron chi connectivity index (χ3n) is 4.70. The van der Waals surface area contributed by atoms with Crippen molar-refractivity contribution in [2.75, 3.05) is 23.3 Å². The second-order valence-corrected chi connectivity index (χ2v) is 7.25. The number of piperidine rings is 1. The van der Waals surface area contributed by atoms with Crippen molar-refractivity contribution < 1.29 is 0 Å². The molecule has 0 saturated carbocycles. The molecule has 0 amide bonds. The third-order valence-corrected chi connectivity index (χ3v) is 4.92. The molecule has 0 spiro atoms. The van der Waals surface area contributed by atoms with Gasteiger partial charge in [0.05, 0.1) is 6.04 Å². The minimum atomic E-state index is 0.149. The summed E-state index contributed by atoms with van der Waals surface area (Å²) >= 11 is 5.40. The zero-order valence-corrected chi connectivity index (χ0v) is 15.7. The van der Waals surface area contributed by atoms with Gasteiger partial charge in [0, 0.05) is 36.9 Å². The van der Waals surface area contributed by atoms with E-state index in [4.69, 9.17) is 12.2 Å². The summed E-state index contributed by atoms with van der Waals surface area (Å²) in [6, 6.07) is 12.8. The topological polar surface area (TPSA) is 40.2 Å². The maximum Gasteiger partial charge on any atom is 0.171 e. The van der Waals surface area contributed by atoms with Crippen molar-refractivity contribution in [1.82, 2.24) is 10.3 Å². The average molecular weight is 355 g/mol. The Morgan fingerprint density at radius 2 is 1.92 bits per heavy atom. The van der Waals surface area contributed by atoms with Gasteiger partial charge >= 0.3 is 0 Å². The molecule has 2 atom stereocenters. The van der Waals surface area contributed by atoms with E-state index in [2.05, 4.69) is 58.6 Å². The molecule has 0 unspecified atom stereocenters. The van der Waals surface area contributed by atoms with Crippen LogP contribution in [0.15, 0.2) is 48.8 Å². The molecular weight excluding hydrogens is 328 g/mol. The number of anilines is 2. The number of nitrogens with one attached hydrogen (secondary N) is 2. The van der Waals surface area contributed by atoms with E-state index in [1.807, 2.05) is 12.1 Å². The summed E-state index contributed by atoms with van der Waals surface area (Å²) in [5.41, 5.74) is 3.49. The van der Waals surface area contributed by atoms with Gasteiger partial charge in [-0.15, -0.1) is 0 Å². The van der Waals surface area contributed by atoms with Crippen molar-refractivity contribution in [2.24, 2.45) is 5.92 Å². The fraction of sp³-hybridized carbons (Fsp3) is 0.400. The molecule has 132 valence electrons. The number of rotatable bonds is 4. The Morgan fingerprint density at radius 1 is 1.20 bits per heavy atom. The van der Waals surface area contributed by atoms with E-state index in [1.54, 1.807) is 12.4 Å². The van der Waals surface area contributed by atoms with Crippen LogP contribution in [0.3, 0.4) is 0 Å². The average Bonchev–Trinajstić information content (AvgIpc) is 2.62. The van der Waals surface area contributed by atoms with Crippen LogP contribution in [0.1, 0.15) is 38.3 Å². The molecular formula is C20H26N4S. The van der Waals surface area contributed by atoms with Gasteiger partial charge in [-0.1, -0.05) is 19.1 Å². The van der Waals surface area contributed by atoms with Crippen molar-refractivity contribution in [3.8, 4) is 0 Å². The van der Waals surface area contributed by atoms with E-state index >= 15 is 0 Å². The highest BCUT2D eigenvalue weighted by molar-refractivity contribution is 7.80. The van der Waals surface area contributed by atoms with Crippen LogP contribution in [0.2, 0.25) is 0 Å². The standard InChI is InChI=1S/C20H26N4S/c1-15-4-3-13-24(14-15)19-7-5-17(6-8-19)16(2)22-20(25)23-18-9-11-21-12-10-18/h5-12,15-16H,3-4,13-14H2,1-2H3,(H2,21,22,23,25)/t15-,16+/m1/s1. The maximum absolute atomic E-state index is 5.40. The summed E-state index contributed by atoms with van der Waals surface area (Å²) in [6.07, 6.45) is 6.12. The molecule has 4 nitrogen and oxygen atoms in total. The van der Waals surface area contributed by atoms with Crippen LogP contribution >= 0.6 is 12.2 Å². The fourth-order valence-electron chi connectivity index (χ4n) is 3.28. The van der Waals surface area contributed by atoms with Crippen molar-refractivity contribution in [3.05, 3.63) is 54.4 Å². The molecule has 1 aromatic carbocycles. The molecule has 0 aliphatic carbocycles. The predicted molar refractivity (Wildman–Crippen MR) is 109 cm³/mol. The van der Waals surface area contributed by atoms with Crippen LogP contribution < -0.4 is 15.5 Å². The molecule has 0 radical (unpaired) electrons. The minimum Gasteiger partial charge on any atom is -0.371 e. The van der Waals surface area contributed by atoms with Gasteiger partial charge in [0.25, 0.3) is 0 Å². The number of benzene rings is 1. The molecule has 1 aliphatic heterocycles. The number of thiocarbonyl (C=S) groups is 1. The van der Waals surface area contributed by atoms with Crippen LogP contribution in [0.4, 0.5) is 11.4 Å². The van der Waals surface area contributed by atoms with E-state index in [-0.39, 0.29) is 6.04 Å². The van der Waals surface area contributed by atoms with E-state index in [0.717, 1.165) is 24.7 Å². The molecule has 1 aromatic heterocycles. The normalized spacial score (nSPS) is 18.5. The van der Waals surface area contributed by atoms with E-state index < -0.39 is 0 Å². The first-order chi connectivity index (χ1) is 12.1. The van der Waals surface area contributed by atoms with Crippen LogP contribution in [0, 0.1) is 5.92 Å². The predicted octanol–water partition coefficient (Wildman–Crippen LogP) is 4.37. The van der Waals surface area contributed by atoms with Crippen molar-refractivity contribution in [3.63, 3.8) is 0 Å². The second kappa shape index (κ2) is 8.30. The Bertz CT molecular complexity index is 687. The maximum atomic E-state index is 5.40. The van der Waals surface area contributed by atoms with Crippen molar-refractivity contribution in [1.29, 1.82) is 0 Å². The van der Waals surface area contributed by atoms with E-state index in [9.17, 15) is 0 Å². The lowest BCUT2D eigenvalue weighted by Crippen LogP contribution is -2.34. The number of aromatic nitrogens is 1. The lowest BCUT2D eigenvalue weighted by atomic mass is 9.99. The van der Waals surface area contributed by atoms with Gasteiger partial charge in [-0.05, 0) is 67.7 Å². The van der Waals surface area contributed by atoms with Crippen molar-refractivity contribution in [2.45, 2.75) is 32.7 Å². The Morgan fingerprint density at radius 3 is 2.60 bits per heavy atom. The number of hydrogen-bond donors (Lipinski definition) is 2. The van der Waals surface area contributed by atoms with Crippen LogP contribution in [-0.4, -0.2) is 23.2 Å². The molecule has 25 heavy (non-hydrogen) atoms. The summed E-state index contributed by atoms with van der Waals surface area (Å²) in [5.74, 6) is 0.783. The zero-order chi connectivity index (χ0) is 17.6. The van der Waals surface area contributed by atoms with Crippen LogP contribution in [-0.2, 0) is 0 Å². The fourth-order valence-corrected chi connectivity index (χ4v) is 3.57. The molecule has 2 N–H and O–H groups in total. The first kappa shape index (κ1) is 17.7. The Labute approximate surface area is 155 Å². The molecule has 0 bridgehead atoms. The SMILES string of the molecule is C[C@@H]1CCCN(c2ccc([C@H](C)NC(=S)Nc3ccncc3)cc2)C1. The van der Waals surface area contributed by atoms with Gasteiger partial charge < -0.3 is 15.5 Å². The molecule has 2 heterocycles. The smallest absolute Gasteiger partial charge is 0.171 e. The third kappa shape index (κ3) is 4.92. The first-order valence-corrected chi connectivity index (χ1v) is 9.35. The summed E-state index contributed by atoms with van der Waals surface area (Å²) < 4.78 is 0. The molecule has 1 fully saturated rings. The summed E-state index contributed by atoms with van der Waals surface area (Å²) in [5, 5.41) is 7.14. The number of hydrogen-bond acceptors (Lipinski definition) is 3. The first-order valence-electron chi connectivity index (χ1n) is 8.94. The van der Waals surface area contributed by atoms with E-state index in [0.29, 0.717) is 5.11 Å². The highest BCUT2D eigenvalue weighted by Crippen LogP contribution is 2.24. The zero-order valence-electron chi connectivity index (χ0n) is 14.9. The quantitative estimate of drug-likeness (QED) is 0.798. The summed E-state index contributed by atoms with van der Waals surface area (Å²) in [7, 11) is 0. The molecule has 2 aromatic rings. The van der Waals surface area contributed by atoms with E-state index in [1.165, 1.54) is 24.1 Å². The van der Waals surface area contributed by atoms with Gasteiger partial charge in [0.2, 0.25) is 0 Å². The number of pyridine rings is 1. The minimum absolute atomic E-state index is 0.149. The highest BCUT2D eigenvalue weighted by atomic mass is 32.1. The van der Waals surface area contributed by atoms with Crippen molar-refractivity contribution >= 4 is 28.7 Å². The monoisotopic (exact) mass is 354 g/mol. The molecule has 5 heteroatoms. The number of nitrogens with zero attached hydrogens (tertiary/aromatic N) is 2. The van der Waals surface area contributed by atoms with Gasteiger partial charge in [-0.25, -0.2) is 0 Å².